The van der Waals surface area contributed by atoms with Crippen molar-refractivity contribution in [2.24, 2.45) is 0 Å². The van der Waals surface area contributed by atoms with Gasteiger partial charge < -0.3 is 14.5 Å². The van der Waals surface area contributed by atoms with Crippen molar-refractivity contribution in [3.05, 3.63) is 72.3 Å². The third kappa shape index (κ3) is 4.49. The number of piperidine rings is 1. The fourth-order valence-electron chi connectivity index (χ4n) is 4.55. The molecule has 0 saturated carbocycles. The lowest BCUT2D eigenvalue weighted by molar-refractivity contribution is -0.146. The number of hydrogen-bond acceptors (Lipinski definition) is 5. The van der Waals surface area contributed by atoms with Gasteiger partial charge in [0.25, 0.3) is 5.91 Å². The Labute approximate surface area is 183 Å². The number of methoxy groups -OCH3 is 1. The van der Waals surface area contributed by atoms with E-state index in [0.717, 1.165) is 38.2 Å². The van der Waals surface area contributed by atoms with Crippen molar-refractivity contribution in [3.63, 3.8) is 0 Å². The number of carbonyl (C=O) groups is 2. The SMILES string of the molecule is COC(=O)CN1CN(c2ccccc2)C2(CCN(CC=Cc3ccccc3)CC2)C1=O. The van der Waals surface area contributed by atoms with E-state index in [9.17, 15) is 9.59 Å². The van der Waals surface area contributed by atoms with Crippen LogP contribution >= 0.6 is 0 Å². The molecule has 0 atom stereocenters. The van der Waals surface area contributed by atoms with E-state index in [1.54, 1.807) is 4.90 Å². The molecule has 2 aromatic carbocycles. The minimum atomic E-state index is -0.602. The Morgan fingerprint density at radius 1 is 1.03 bits per heavy atom. The maximum absolute atomic E-state index is 13.5. The van der Waals surface area contributed by atoms with Crippen LogP contribution in [0.25, 0.3) is 6.08 Å². The zero-order valence-electron chi connectivity index (χ0n) is 17.9. The first-order valence-electron chi connectivity index (χ1n) is 10.8. The van der Waals surface area contributed by atoms with Gasteiger partial charge in [0.05, 0.1) is 13.8 Å². The van der Waals surface area contributed by atoms with Gasteiger partial charge >= 0.3 is 5.97 Å². The molecule has 6 heteroatoms. The predicted molar refractivity (Wildman–Crippen MR) is 121 cm³/mol. The van der Waals surface area contributed by atoms with Crippen molar-refractivity contribution in [1.29, 1.82) is 0 Å². The van der Waals surface area contributed by atoms with Gasteiger partial charge in [0.2, 0.25) is 0 Å². The summed E-state index contributed by atoms with van der Waals surface area (Å²) in [4.78, 5) is 31.5. The molecule has 31 heavy (non-hydrogen) atoms. The van der Waals surface area contributed by atoms with E-state index in [0.29, 0.717) is 6.67 Å². The summed E-state index contributed by atoms with van der Waals surface area (Å²) in [7, 11) is 1.36. The van der Waals surface area contributed by atoms with Crippen LogP contribution in [0.1, 0.15) is 18.4 Å². The van der Waals surface area contributed by atoms with Crippen LogP contribution in [0.5, 0.6) is 0 Å². The summed E-state index contributed by atoms with van der Waals surface area (Å²) < 4.78 is 4.81. The van der Waals surface area contributed by atoms with Crippen molar-refractivity contribution in [1.82, 2.24) is 9.80 Å². The van der Waals surface area contributed by atoms with Crippen molar-refractivity contribution in [2.75, 3.05) is 44.9 Å². The fraction of sp³-hybridized carbons (Fsp3) is 0.360. The van der Waals surface area contributed by atoms with Gasteiger partial charge in [-0.2, -0.15) is 0 Å². The molecular weight excluding hydrogens is 390 g/mol. The third-order valence-corrected chi connectivity index (χ3v) is 6.29. The number of rotatable bonds is 6. The van der Waals surface area contributed by atoms with Crippen LogP contribution < -0.4 is 4.90 Å². The number of hydrogen-bond donors (Lipinski definition) is 0. The van der Waals surface area contributed by atoms with E-state index < -0.39 is 5.54 Å². The molecule has 2 aromatic rings. The average Bonchev–Trinajstić information content (AvgIpc) is 3.07. The first-order chi connectivity index (χ1) is 15.1. The Morgan fingerprint density at radius 2 is 1.68 bits per heavy atom. The van der Waals surface area contributed by atoms with E-state index in [4.69, 9.17) is 4.74 Å². The van der Waals surface area contributed by atoms with Gasteiger partial charge in [-0.15, -0.1) is 0 Å². The minimum Gasteiger partial charge on any atom is -0.468 e. The second-order valence-electron chi connectivity index (χ2n) is 8.13. The summed E-state index contributed by atoms with van der Waals surface area (Å²) in [6, 6.07) is 20.3. The second-order valence-corrected chi connectivity index (χ2v) is 8.13. The van der Waals surface area contributed by atoms with Crippen LogP contribution in [0.3, 0.4) is 0 Å². The summed E-state index contributed by atoms with van der Waals surface area (Å²) in [5.74, 6) is -0.358. The summed E-state index contributed by atoms with van der Waals surface area (Å²) in [5, 5.41) is 0. The quantitative estimate of drug-likeness (QED) is 0.674. The molecular formula is C25H29N3O3. The number of para-hydroxylation sites is 1. The first kappa shape index (κ1) is 21.1. The molecule has 0 aliphatic carbocycles. The highest BCUT2D eigenvalue weighted by Crippen LogP contribution is 2.39. The Bertz CT molecular complexity index is 922. The van der Waals surface area contributed by atoms with Crippen LogP contribution in [-0.2, 0) is 14.3 Å². The molecule has 6 nitrogen and oxygen atoms in total. The molecule has 2 aliphatic heterocycles. The van der Waals surface area contributed by atoms with Crippen LogP contribution in [0.15, 0.2) is 66.7 Å². The van der Waals surface area contributed by atoms with Crippen molar-refractivity contribution < 1.29 is 14.3 Å². The van der Waals surface area contributed by atoms with Crippen molar-refractivity contribution in [3.8, 4) is 0 Å². The number of anilines is 1. The lowest BCUT2D eigenvalue weighted by Crippen LogP contribution is -2.56. The maximum Gasteiger partial charge on any atom is 0.325 e. The van der Waals surface area contributed by atoms with E-state index >= 15 is 0 Å². The predicted octanol–water partition coefficient (Wildman–Crippen LogP) is 3.01. The molecule has 162 valence electrons. The standard InChI is InChI=1S/C25H29N3O3/c1-31-23(29)19-27-20-28(22-12-6-3-7-13-22)25(24(27)30)14-17-26(18-15-25)16-8-11-21-9-4-2-5-10-21/h2-13H,14-20H2,1H3. The van der Waals surface area contributed by atoms with E-state index in [1.807, 2.05) is 48.5 Å². The normalized spacial score (nSPS) is 18.8. The molecule has 1 amide bonds. The molecule has 2 saturated heterocycles. The fourth-order valence-corrected chi connectivity index (χ4v) is 4.55. The number of carbonyl (C=O) groups excluding carboxylic acids is 2. The lowest BCUT2D eigenvalue weighted by Gasteiger charge is -2.43. The minimum absolute atomic E-state index is 0.00998. The molecule has 0 unspecified atom stereocenters. The van der Waals surface area contributed by atoms with Crippen molar-refractivity contribution in [2.45, 2.75) is 18.4 Å². The largest absolute Gasteiger partial charge is 0.468 e. The van der Waals surface area contributed by atoms with E-state index in [2.05, 4.69) is 34.1 Å². The molecule has 2 fully saturated rings. The molecule has 1 spiro atoms. The number of esters is 1. The van der Waals surface area contributed by atoms with Gasteiger partial charge in [-0.1, -0.05) is 60.7 Å². The monoisotopic (exact) mass is 419 g/mol. The highest BCUT2D eigenvalue weighted by molar-refractivity contribution is 5.95. The van der Waals surface area contributed by atoms with Crippen LogP contribution in [0.2, 0.25) is 0 Å². The van der Waals surface area contributed by atoms with Crippen molar-refractivity contribution >= 4 is 23.6 Å². The zero-order chi connectivity index (χ0) is 21.7. The average molecular weight is 420 g/mol. The summed E-state index contributed by atoms with van der Waals surface area (Å²) in [6.45, 7) is 2.92. The maximum atomic E-state index is 13.5. The van der Waals surface area contributed by atoms with Gasteiger partial charge in [-0.3, -0.25) is 14.5 Å². The highest BCUT2D eigenvalue weighted by atomic mass is 16.5. The number of ether oxygens (including phenoxy) is 1. The molecule has 2 heterocycles. The zero-order valence-corrected chi connectivity index (χ0v) is 17.9. The van der Waals surface area contributed by atoms with E-state index in [-0.39, 0.29) is 18.4 Å². The Kier molecular flexibility index (Phi) is 6.37. The molecule has 0 radical (unpaired) electrons. The topological polar surface area (TPSA) is 53.1 Å². The van der Waals surface area contributed by atoms with Gasteiger partial charge in [-0.25, -0.2) is 0 Å². The lowest BCUT2D eigenvalue weighted by atomic mass is 9.85. The van der Waals surface area contributed by atoms with Gasteiger partial charge in [0.15, 0.2) is 0 Å². The molecule has 2 aliphatic rings. The second kappa shape index (κ2) is 9.35. The summed E-state index contributed by atoms with van der Waals surface area (Å²) in [6.07, 6.45) is 5.79. The molecule has 0 aromatic heterocycles. The number of nitrogens with zero attached hydrogens (tertiary/aromatic N) is 3. The third-order valence-electron chi connectivity index (χ3n) is 6.29. The van der Waals surface area contributed by atoms with Crippen LogP contribution in [0, 0.1) is 0 Å². The summed E-state index contributed by atoms with van der Waals surface area (Å²) >= 11 is 0. The summed E-state index contributed by atoms with van der Waals surface area (Å²) in [5.41, 5.74) is 1.60. The molecule has 4 rings (SSSR count). The van der Waals surface area contributed by atoms with Crippen LogP contribution in [0.4, 0.5) is 5.69 Å². The first-order valence-corrected chi connectivity index (χ1v) is 10.8. The van der Waals surface area contributed by atoms with Gasteiger partial charge in [0, 0.05) is 25.3 Å². The molecule has 0 N–H and O–H groups in total. The highest BCUT2D eigenvalue weighted by Gasteiger charge is 2.53. The smallest absolute Gasteiger partial charge is 0.325 e. The molecule has 0 bridgehead atoms. The Hall–Kier alpha value is -3.12. The number of likely N-dealkylation sites (tertiary alicyclic amines) is 1. The van der Waals surface area contributed by atoms with E-state index in [1.165, 1.54) is 12.7 Å². The Morgan fingerprint density at radius 3 is 2.32 bits per heavy atom. The van der Waals surface area contributed by atoms with Gasteiger partial charge in [-0.05, 0) is 30.5 Å². The van der Waals surface area contributed by atoms with Gasteiger partial charge in [0.1, 0.15) is 12.1 Å². The van der Waals surface area contributed by atoms with Crippen LogP contribution in [-0.4, -0.2) is 67.2 Å². The number of benzene rings is 2. The number of amides is 1. The Balaban J connectivity index is 1.47.